The summed E-state index contributed by atoms with van der Waals surface area (Å²) in [7, 11) is 0. The van der Waals surface area contributed by atoms with Crippen LogP contribution in [0.3, 0.4) is 0 Å². The molecule has 106 valence electrons. The second-order valence-corrected chi connectivity index (χ2v) is 5.23. The van der Waals surface area contributed by atoms with E-state index in [2.05, 4.69) is 17.5 Å². The summed E-state index contributed by atoms with van der Waals surface area (Å²) in [5, 5.41) is 21.3. The number of carbonyl (C=O) groups excluding carboxylic acids is 1. The Hall–Kier alpha value is -1.56. The number of hydrogen-bond acceptors (Lipinski definition) is 3. The van der Waals surface area contributed by atoms with Crippen molar-refractivity contribution in [3.8, 4) is 0 Å². The molecule has 19 heavy (non-hydrogen) atoms. The molecule has 1 saturated heterocycles. The van der Waals surface area contributed by atoms with Crippen molar-refractivity contribution < 1.29 is 19.8 Å². The molecule has 2 aliphatic rings. The lowest BCUT2D eigenvalue weighted by Gasteiger charge is -2.24. The van der Waals surface area contributed by atoms with Crippen molar-refractivity contribution in [1.29, 1.82) is 0 Å². The van der Waals surface area contributed by atoms with Crippen LogP contribution in [0.5, 0.6) is 0 Å². The zero-order valence-corrected chi connectivity index (χ0v) is 10.8. The van der Waals surface area contributed by atoms with Crippen molar-refractivity contribution in [3.63, 3.8) is 0 Å². The number of nitrogens with one attached hydrogen (secondary N) is 1. The van der Waals surface area contributed by atoms with Gasteiger partial charge in [0.25, 0.3) is 0 Å². The smallest absolute Gasteiger partial charge is 0.326 e. The average Bonchev–Trinajstić information content (AvgIpc) is 2.79. The second-order valence-electron chi connectivity index (χ2n) is 5.23. The van der Waals surface area contributed by atoms with Crippen LogP contribution in [0.25, 0.3) is 0 Å². The number of nitrogens with zero attached hydrogens (tertiary/aromatic N) is 1. The summed E-state index contributed by atoms with van der Waals surface area (Å²) in [5.41, 5.74) is 0. The molecule has 6 heteroatoms. The largest absolute Gasteiger partial charge is 0.480 e. The maximum absolute atomic E-state index is 12.0. The van der Waals surface area contributed by atoms with E-state index in [0.717, 1.165) is 19.3 Å². The highest BCUT2D eigenvalue weighted by atomic mass is 16.4. The number of carbonyl (C=O) groups is 2. The number of likely N-dealkylation sites (tertiary alicyclic amines) is 1. The van der Waals surface area contributed by atoms with E-state index < -0.39 is 24.1 Å². The van der Waals surface area contributed by atoms with Crippen LogP contribution >= 0.6 is 0 Å². The van der Waals surface area contributed by atoms with Gasteiger partial charge >= 0.3 is 12.0 Å². The predicted molar refractivity (Wildman–Crippen MR) is 68.6 cm³/mol. The predicted octanol–water partition coefficient (Wildman–Crippen LogP) is 0.572. The highest BCUT2D eigenvalue weighted by molar-refractivity contribution is 5.83. The quantitative estimate of drug-likeness (QED) is 0.653. The monoisotopic (exact) mass is 268 g/mol. The molecule has 0 aromatic rings. The van der Waals surface area contributed by atoms with Crippen LogP contribution in [0.15, 0.2) is 12.2 Å². The van der Waals surface area contributed by atoms with Crippen LogP contribution in [0, 0.1) is 5.92 Å². The standard InChI is InChI=1S/C13H20N2O4/c16-10-6-11(12(17)18)15(8-10)13(19)14-7-9-4-2-1-3-5-9/h1-2,9-11,16H,3-8H2,(H,14,19)(H,17,18)/t9?,10-,11+/m1/s1. The van der Waals surface area contributed by atoms with Crippen molar-refractivity contribution in [1.82, 2.24) is 10.2 Å². The van der Waals surface area contributed by atoms with E-state index in [1.165, 1.54) is 4.90 Å². The third-order valence-electron chi connectivity index (χ3n) is 3.74. The lowest BCUT2D eigenvalue weighted by Crippen LogP contribution is -2.47. The van der Waals surface area contributed by atoms with E-state index in [0.29, 0.717) is 12.5 Å². The van der Waals surface area contributed by atoms with Crippen molar-refractivity contribution in [2.24, 2.45) is 5.92 Å². The van der Waals surface area contributed by atoms with E-state index in [1.807, 2.05) is 0 Å². The molecule has 3 N–H and O–H groups in total. The molecule has 0 aromatic carbocycles. The summed E-state index contributed by atoms with van der Waals surface area (Å²) in [5.74, 6) is -0.642. The van der Waals surface area contributed by atoms with Crippen LogP contribution in [-0.4, -0.2) is 52.3 Å². The molecular formula is C13H20N2O4. The summed E-state index contributed by atoms with van der Waals surface area (Å²) in [6, 6.07) is -1.31. The first kappa shape index (κ1) is 13.9. The molecule has 0 aromatic heterocycles. The molecular weight excluding hydrogens is 248 g/mol. The fraction of sp³-hybridized carbons (Fsp3) is 0.692. The topological polar surface area (TPSA) is 89.9 Å². The first-order chi connectivity index (χ1) is 9.08. The number of rotatable bonds is 3. The molecule has 0 bridgehead atoms. The van der Waals surface area contributed by atoms with Gasteiger partial charge in [0.1, 0.15) is 6.04 Å². The van der Waals surface area contributed by atoms with Crippen molar-refractivity contribution in [2.45, 2.75) is 37.8 Å². The van der Waals surface area contributed by atoms with Crippen LogP contribution < -0.4 is 5.32 Å². The number of carboxylic acid groups (broad SMARTS) is 1. The number of allylic oxidation sites excluding steroid dienone is 2. The fourth-order valence-corrected chi connectivity index (χ4v) is 2.65. The average molecular weight is 268 g/mol. The van der Waals surface area contributed by atoms with Gasteiger partial charge in [0.15, 0.2) is 0 Å². The van der Waals surface area contributed by atoms with Crippen molar-refractivity contribution >= 4 is 12.0 Å². The summed E-state index contributed by atoms with van der Waals surface area (Å²) in [6.45, 7) is 0.648. The molecule has 3 atom stereocenters. The maximum Gasteiger partial charge on any atom is 0.326 e. The Morgan fingerprint density at radius 2 is 2.16 bits per heavy atom. The van der Waals surface area contributed by atoms with E-state index in [1.54, 1.807) is 0 Å². The molecule has 1 fully saturated rings. The Kier molecular flexibility index (Phi) is 4.42. The van der Waals surface area contributed by atoms with E-state index in [9.17, 15) is 14.7 Å². The molecule has 0 spiro atoms. The minimum atomic E-state index is -1.06. The molecule has 1 aliphatic carbocycles. The van der Waals surface area contributed by atoms with Crippen LogP contribution in [-0.2, 0) is 4.79 Å². The van der Waals surface area contributed by atoms with Gasteiger partial charge in [-0.2, -0.15) is 0 Å². The van der Waals surface area contributed by atoms with E-state index >= 15 is 0 Å². The van der Waals surface area contributed by atoms with E-state index in [-0.39, 0.29) is 13.0 Å². The number of amides is 2. The molecule has 1 unspecified atom stereocenters. The number of aliphatic hydroxyl groups is 1. The minimum Gasteiger partial charge on any atom is -0.480 e. The fourth-order valence-electron chi connectivity index (χ4n) is 2.65. The van der Waals surface area contributed by atoms with Crippen LogP contribution in [0.1, 0.15) is 25.7 Å². The third-order valence-corrected chi connectivity index (χ3v) is 3.74. The van der Waals surface area contributed by atoms with E-state index in [4.69, 9.17) is 5.11 Å². The van der Waals surface area contributed by atoms with Crippen LogP contribution in [0.2, 0.25) is 0 Å². The summed E-state index contributed by atoms with van der Waals surface area (Å²) < 4.78 is 0. The molecule has 1 aliphatic heterocycles. The molecule has 2 amide bonds. The number of β-amino-alcohol motifs (C(OH)–C–C–N with tert-alkyl or cyclic N) is 1. The highest BCUT2D eigenvalue weighted by Crippen LogP contribution is 2.19. The number of aliphatic hydroxyl groups excluding tert-OH is 1. The van der Waals surface area contributed by atoms with Gasteiger partial charge in [-0.25, -0.2) is 9.59 Å². The molecule has 2 rings (SSSR count). The Bertz CT molecular complexity index is 383. The van der Waals surface area contributed by atoms with Gasteiger partial charge in [-0.1, -0.05) is 12.2 Å². The minimum absolute atomic E-state index is 0.0906. The maximum atomic E-state index is 12.0. The molecule has 1 heterocycles. The van der Waals surface area contributed by atoms with Gasteiger partial charge in [-0.05, 0) is 25.2 Å². The Balaban J connectivity index is 1.84. The molecule has 0 radical (unpaired) electrons. The Morgan fingerprint density at radius 1 is 1.37 bits per heavy atom. The summed E-state index contributed by atoms with van der Waals surface area (Å²) in [4.78, 5) is 24.2. The number of aliphatic carboxylic acids is 1. The second kappa shape index (κ2) is 6.06. The van der Waals surface area contributed by atoms with Crippen molar-refractivity contribution in [3.05, 3.63) is 12.2 Å². The van der Waals surface area contributed by atoms with Gasteiger partial charge in [0, 0.05) is 19.5 Å². The Labute approximate surface area is 112 Å². The molecule has 6 nitrogen and oxygen atoms in total. The number of hydrogen-bond donors (Lipinski definition) is 3. The van der Waals surface area contributed by atoms with Gasteiger partial charge in [-0.3, -0.25) is 0 Å². The highest BCUT2D eigenvalue weighted by Gasteiger charge is 2.38. The van der Waals surface area contributed by atoms with Gasteiger partial charge < -0.3 is 20.4 Å². The SMILES string of the molecule is O=C(O)[C@@H]1C[C@@H](O)CN1C(=O)NCC1CC=CCC1. The lowest BCUT2D eigenvalue weighted by atomic mass is 9.94. The molecule has 0 saturated carbocycles. The summed E-state index contributed by atoms with van der Waals surface area (Å²) >= 11 is 0. The van der Waals surface area contributed by atoms with Gasteiger partial charge in [0.2, 0.25) is 0 Å². The van der Waals surface area contributed by atoms with Gasteiger partial charge in [0.05, 0.1) is 6.10 Å². The van der Waals surface area contributed by atoms with Crippen LogP contribution in [0.4, 0.5) is 4.79 Å². The first-order valence-corrected chi connectivity index (χ1v) is 6.68. The lowest BCUT2D eigenvalue weighted by molar-refractivity contribution is -0.141. The third kappa shape index (κ3) is 3.47. The zero-order chi connectivity index (χ0) is 13.8. The van der Waals surface area contributed by atoms with Gasteiger partial charge in [-0.15, -0.1) is 0 Å². The number of urea groups is 1. The summed E-state index contributed by atoms with van der Waals surface area (Å²) in [6.07, 6.45) is 6.63. The first-order valence-electron chi connectivity index (χ1n) is 6.68. The van der Waals surface area contributed by atoms with Crippen molar-refractivity contribution in [2.75, 3.05) is 13.1 Å². The Morgan fingerprint density at radius 3 is 2.79 bits per heavy atom. The number of carboxylic acids is 1. The normalized spacial score (nSPS) is 30.4. The zero-order valence-electron chi connectivity index (χ0n) is 10.8.